The fraction of sp³-hybridized carbons (Fsp3) is 0.545. The lowest BCUT2D eigenvalue weighted by molar-refractivity contribution is 1.27. The van der Waals surface area contributed by atoms with Crippen LogP contribution in [0.5, 0.6) is 0 Å². The molecule has 1 nitrogen and oxygen atoms in total. The molecular formula is C11H21N. The van der Waals surface area contributed by atoms with Gasteiger partial charge in [0.15, 0.2) is 0 Å². The summed E-state index contributed by atoms with van der Waals surface area (Å²) in [4.78, 5) is 4.20. The smallest absolute Gasteiger partial charge is 0.0397 e. The summed E-state index contributed by atoms with van der Waals surface area (Å²) in [7, 11) is 0. The van der Waals surface area contributed by atoms with E-state index in [0.29, 0.717) is 0 Å². The van der Waals surface area contributed by atoms with Crippen LogP contribution >= 0.6 is 0 Å². The predicted molar refractivity (Wildman–Crippen MR) is 58.7 cm³/mol. The van der Waals surface area contributed by atoms with Crippen molar-refractivity contribution in [3.63, 3.8) is 0 Å². The number of aliphatic imine (C=N–C) groups is 1. The Morgan fingerprint density at radius 2 is 1.75 bits per heavy atom. The van der Waals surface area contributed by atoms with Gasteiger partial charge in [0.2, 0.25) is 0 Å². The van der Waals surface area contributed by atoms with E-state index in [1.165, 1.54) is 0 Å². The summed E-state index contributed by atoms with van der Waals surface area (Å²) in [5.41, 5.74) is 1.13. The first-order valence-corrected chi connectivity index (χ1v) is 4.65. The van der Waals surface area contributed by atoms with Crippen LogP contribution in [0.25, 0.3) is 0 Å². The number of allylic oxidation sites excluding steroid dienone is 3. The third-order valence-corrected chi connectivity index (χ3v) is 1.11. The SMILES string of the molecule is CC.C\C=C/N=C(\C=C/C)CC. The van der Waals surface area contributed by atoms with E-state index in [2.05, 4.69) is 11.9 Å². The minimum atomic E-state index is 0.995. The average Bonchev–Trinajstić information content (AvgIpc) is 2.15. The van der Waals surface area contributed by atoms with Crippen molar-refractivity contribution in [2.24, 2.45) is 4.99 Å². The Bertz CT molecular complexity index is 152. The first kappa shape index (κ1) is 13.7. The molecule has 0 aliphatic rings. The molecule has 0 aliphatic carbocycles. The average molecular weight is 167 g/mol. The number of hydrogen-bond acceptors (Lipinski definition) is 1. The van der Waals surface area contributed by atoms with Crippen molar-refractivity contribution >= 4 is 5.71 Å². The molecule has 0 aromatic rings. The zero-order valence-electron chi connectivity index (χ0n) is 8.96. The summed E-state index contributed by atoms with van der Waals surface area (Å²) < 4.78 is 0. The monoisotopic (exact) mass is 167 g/mol. The summed E-state index contributed by atoms with van der Waals surface area (Å²) in [6.45, 7) is 10.1. The van der Waals surface area contributed by atoms with Crippen molar-refractivity contribution in [2.75, 3.05) is 0 Å². The first-order chi connectivity index (χ1) is 5.85. The van der Waals surface area contributed by atoms with Gasteiger partial charge in [-0.15, -0.1) is 0 Å². The molecule has 0 fully saturated rings. The van der Waals surface area contributed by atoms with Gasteiger partial charge in [0.05, 0.1) is 0 Å². The maximum atomic E-state index is 4.20. The fourth-order valence-electron chi connectivity index (χ4n) is 0.615. The minimum Gasteiger partial charge on any atom is -0.262 e. The van der Waals surface area contributed by atoms with E-state index < -0.39 is 0 Å². The van der Waals surface area contributed by atoms with Gasteiger partial charge in [0, 0.05) is 11.9 Å². The number of nitrogens with zero attached hydrogens (tertiary/aromatic N) is 1. The molecule has 0 amide bonds. The lowest BCUT2D eigenvalue weighted by Gasteiger charge is -1.90. The quantitative estimate of drug-likeness (QED) is 0.564. The highest BCUT2D eigenvalue weighted by Crippen LogP contribution is 1.89. The molecule has 0 aromatic carbocycles. The molecule has 0 rings (SSSR count). The van der Waals surface area contributed by atoms with Crippen molar-refractivity contribution in [3.05, 3.63) is 24.4 Å². The summed E-state index contributed by atoms with van der Waals surface area (Å²) in [5, 5.41) is 0. The van der Waals surface area contributed by atoms with Crippen LogP contribution in [0.2, 0.25) is 0 Å². The minimum absolute atomic E-state index is 0.995. The third-order valence-electron chi connectivity index (χ3n) is 1.11. The topological polar surface area (TPSA) is 12.4 Å². The van der Waals surface area contributed by atoms with Crippen LogP contribution in [0.3, 0.4) is 0 Å². The lowest BCUT2D eigenvalue weighted by atomic mass is 10.3. The molecule has 0 aromatic heterocycles. The second kappa shape index (κ2) is 12.8. The van der Waals surface area contributed by atoms with E-state index >= 15 is 0 Å². The Balaban J connectivity index is 0. The van der Waals surface area contributed by atoms with E-state index in [0.717, 1.165) is 12.1 Å². The van der Waals surface area contributed by atoms with Crippen LogP contribution in [-0.4, -0.2) is 5.71 Å². The molecule has 0 saturated carbocycles. The van der Waals surface area contributed by atoms with E-state index in [1.807, 2.05) is 52.1 Å². The van der Waals surface area contributed by atoms with E-state index in [4.69, 9.17) is 0 Å². The maximum absolute atomic E-state index is 4.20. The molecule has 0 heterocycles. The third kappa shape index (κ3) is 9.15. The highest BCUT2D eigenvalue weighted by atomic mass is 14.7. The van der Waals surface area contributed by atoms with Crippen LogP contribution in [0.15, 0.2) is 29.4 Å². The number of rotatable bonds is 3. The molecule has 0 bridgehead atoms. The van der Waals surface area contributed by atoms with Crippen LogP contribution in [0.4, 0.5) is 0 Å². The molecule has 0 radical (unpaired) electrons. The van der Waals surface area contributed by atoms with Crippen molar-refractivity contribution in [2.45, 2.75) is 41.0 Å². The van der Waals surface area contributed by atoms with Crippen LogP contribution in [-0.2, 0) is 0 Å². The van der Waals surface area contributed by atoms with Gasteiger partial charge in [-0.25, -0.2) is 0 Å². The van der Waals surface area contributed by atoms with Gasteiger partial charge in [-0.3, -0.25) is 4.99 Å². The molecule has 0 unspecified atom stereocenters. The van der Waals surface area contributed by atoms with Crippen LogP contribution in [0.1, 0.15) is 41.0 Å². The Labute approximate surface area is 76.9 Å². The van der Waals surface area contributed by atoms with Gasteiger partial charge < -0.3 is 0 Å². The summed E-state index contributed by atoms with van der Waals surface area (Å²) in [6, 6.07) is 0. The van der Waals surface area contributed by atoms with Gasteiger partial charge >= 0.3 is 0 Å². The molecule has 0 aliphatic heterocycles. The lowest BCUT2D eigenvalue weighted by Crippen LogP contribution is -1.87. The van der Waals surface area contributed by atoms with Crippen molar-refractivity contribution in [1.29, 1.82) is 0 Å². The molecule has 0 saturated heterocycles. The second-order valence-electron chi connectivity index (χ2n) is 1.96. The second-order valence-corrected chi connectivity index (χ2v) is 1.96. The van der Waals surface area contributed by atoms with Crippen molar-refractivity contribution in [3.8, 4) is 0 Å². The van der Waals surface area contributed by atoms with E-state index in [1.54, 1.807) is 0 Å². The van der Waals surface area contributed by atoms with Crippen molar-refractivity contribution in [1.82, 2.24) is 0 Å². The van der Waals surface area contributed by atoms with Gasteiger partial charge in [-0.05, 0) is 26.3 Å². The standard InChI is InChI=1S/C9H15N.C2H6/c1-4-7-9(6-3)10-8-5-2;1-2/h4-5,7-8H,6H2,1-3H3;1-2H3/b7-4-,8-5-,10-9-;. The summed E-state index contributed by atoms with van der Waals surface area (Å²) in [6.07, 6.45) is 8.78. The zero-order valence-corrected chi connectivity index (χ0v) is 8.96. The van der Waals surface area contributed by atoms with E-state index in [9.17, 15) is 0 Å². The van der Waals surface area contributed by atoms with Crippen LogP contribution < -0.4 is 0 Å². The molecule has 12 heavy (non-hydrogen) atoms. The largest absolute Gasteiger partial charge is 0.262 e. The Morgan fingerprint density at radius 3 is 2.08 bits per heavy atom. The van der Waals surface area contributed by atoms with Crippen LogP contribution in [0, 0.1) is 0 Å². The number of hydrogen-bond donors (Lipinski definition) is 0. The molecule has 0 N–H and O–H groups in total. The highest BCUT2D eigenvalue weighted by molar-refractivity contribution is 5.94. The first-order valence-electron chi connectivity index (χ1n) is 4.65. The van der Waals surface area contributed by atoms with E-state index in [-0.39, 0.29) is 0 Å². The predicted octanol–water partition coefficient (Wildman–Crippen LogP) is 3.97. The molecule has 0 atom stereocenters. The van der Waals surface area contributed by atoms with Gasteiger partial charge in [0.25, 0.3) is 0 Å². The highest BCUT2D eigenvalue weighted by Gasteiger charge is 1.83. The Hall–Kier alpha value is -0.850. The van der Waals surface area contributed by atoms with Crippen molar-refractivity contribution < 1.29 is 0 Å². The molecule has 1 heteroatoms. The van der Waals surface area contributed by atoms with Gasteiger partial charge in [0.1, 0.15) is 0 Å². The molecule has 70 valence electrons. The molecule has 0 spiro atoms. The fourth-order valence-corrected chi connectivity index (χ4v) is 0.615. The normalized spacial score (nSPS) is 11.9. The summed E-state index contributed by atoms with van der Waals surface area (Å²) >= 11 is 0. The zero-order chi connectivity index (χ0) is 9.82. The molecular weight excluding hydrogens is 146 g/mol. The van der Waals surface area contributed by atoms with Gasteiger partial charge in [-0.2, -0.15) is 0 Å². The Kier molecular flexibility index (Phi) is 14.6. The van der Waals surface area contributed by atoms with Gasteiger partial charge in [-0.1, -0.05) is 32.9 Å². The maximum Gasteiger partial charge on any atom is 0.0397 e. The Morgan fingerprint density at radius 1 is 1.17 bits per heavy atom. The summed E-state index contributed by atoms with van der Waals surface area (Å²) in [5.74, 6) is 0.